The first-order chi connectivity index (χ1) is 16.1. The second-order valence-electron chi connectivity index (χ2n) is 9.95. The van der Waals surface area contributed by atoms with Crippen molar-refractivity contribution in [2.24, 2.45) is 5.92 Å². The highest BCUT2D eigenvalue weighted by atomic mass is 32.1. The van der Waals surface area contributed by atoms with E-state index in [2.05, 4.69) is 78.4 Å². The fourth-order valence-corrected chi connectivity index (χ4v) is 6.07. The standard InChI is InChI=1S/C29H41N3S/c1-4-18-31-19-10-13-25-20-23(16-17-28(25)31)21-32(27-15-9-6-11-22(27)3)29(33)30-26-14-8-7-12-24(26)5-2/h7-8,12,14,16-17,20,22,27H,4-6,9-11,13,15,18-19,21H2,1-3H3,(H,30,33)/t22-,27+/m0/s1. The van der Waals surface area contributed by atoms with Crippen molar-refractivity contribution < 1.29 is 0 Å². The molecule has 0 unspecified atom stereocenters. The van der Waals surface area contributed by atoms with Gasteiger partial charge in [0.2, 0.25) is 0 Å². The Morgan fingerprint density at radius 2 is 1.91 bits per heavy atom. The topological polar surface area (TPSA) is 18.5 Å². The molecule has 2 aromatic rings. The zero-order chi connectivity index (χ0) is 23.2. The molecule has 2 aromatic carbocycles. The summed E-state index contributed by atoms with van der Waals surface area (Å²) >= 11 is 6.08. The van der Waals surface area contributed by atoms with Gasteiger partial charge in [0.25, 0.3) is 0 Å². The van der Waals surface area contributed by atoms with Crippen LogP contribution in [0.4, 0.5) is 11.4 Å². The summed E-state index contributed by atoms with van der Waals surface area (Å²) in [6, 6.07) is 16.2. The van der Waals surface area contributed by atoms with Gasteiger partial charge in [-0.1, -0.05) is 63.9 Å². The maximum Gasteiger partial charge on any atom is 0.173 e. The summed E-state index contributed by atoms with van der Waals surface area (Å²) in [4.78, 5) is 5.07. The average Bonchev–Trinajstić information content (AvgIpc) is 2.83. The van der Waals surface area contributed by atoms with Crippen LogP contribution in [0, 0.1) is 5.92 Å². The molecule has 0 aromatic heterocycles. The number of para-hydroxylation sites is 1. The molecule has 4 heteroatoms. The third-order valence-electron chi connectivity index (χ3n) is 7.57. The number of thiocarbonyl (C=S) groups is 1. The number of aryl methyl sites for hydroxylation is 2. The first-order valence-corrected chi connectivity index (χ1v) is 13.5. The van der Waals surface area contributed by atoms with Crippen molar-refractivity contribution in [3.63, 3.8) is 0 Å². The number of anilines is 2. The number of rotatable bonds is 7. The summed E-state index contributed by atoms with van der Waals surface area (Å²) in [5, 5.41) is 4.51. The first kappa shape index (κ1) is 24.1. The summed E-state index contributed by atoms with van der Waals surface area (Å²) in [6.07, 6.45) is 9.83. The molecule has 33 heavy (non-hydrogen) atoms. The van der Waals surface area contributed by atoms with Crippen molar-refractivity contribution in [2.45, 2.75) is 84.7 Å². The Balaban J connectivity index is 1.58. The molecule has 0 spiro atoms. The number of benzene rings is 2. The van der Waals surface area contributed by atoms with Gasteiger partial charge in [0.05, 0.1) is 0 Å². The van der Waals surface area contributed by atoms with E-state index in [4.69, 9.17) is 12.2 Å². The minimum absolute atomic E-state index is 0.500. The number of hydrogen-bond acceptors (Lipinski definition) is 2. The van der Waals surface area contributed by atoms with E-state index in [0.29, 0.717) is 12.0 Å². The third kappa shape index (κ3) is 5.71. The molecule has 0 radical (unpaired) electrons. The van der Waals surface area contributed by atoms with Gasteiger partial charge in [-0.15, -0.1) is 0 Å². The van der Waals surface area contributed by atoms with Crippen LogP contribution in [0.5, 0.6) is 0 Å². The van der Waals surface area contributed by atoms with Crippen LogP contribution < -0.4 is 10.2 Å². The van der Waals surface area contributed by atoms with E-state index < -0.39 is 0 Å². The quantitative estimate of drug-likeness (QED) is 0.438. The van der Waals surface area contributed by atoms with E-state index in [1.807, 2.05) is 0 Å². The summed E-state index contributed by atoms with van der Waals surface area (Å²) < 4.78 is 0. The van der Waals surface area contributed by atoms with Crippen LogP contribution in [0.2, 0.25) is 0 Å². The highest BCUT2D eigenvalue weighted by molar-refractivity contribution is 7.80. The van der Waals surface area contributed by atoms with Gasteiger partial charge in [-0.3, -0.25) is 0 Å². The van der Waals surface area contributed by atoms with Crippen LogP contribution in [0.25, 0.3) is 0 Å². The summed E-state index contributed by atoms with van der Waals surface area (Å²) in [5.41, 5.74) is 6.82. The van der Waals surface area contributed by atoms with Crippen LogP contribution in [-0.2, 0) is 19.4 Å². The van der Waals surface area contributed by atoms with Crippen molar-refractivity contribution in [2.75, 3.05) is 23.3 Å². The lowest BCUT2D eigenvalue weighted by Crippen LogP contribution is -2.46. The Morgan fingerprint density at radius 1 is 1.09 bits per heavy atom. The van der Waals surface area contributed by atoms with E-state index in [-0.39, 0.29) is 0 Å². The van der Waals surface area contributed by atoms with Gasteiger partial charge >= 0.3 is 0 Å². The van der Waals surface area contributed by atoms with Crippen LogP contribution in [-0.4, -0.2) is 29.1 Å². The largest absolute Gasteiger partial charge is 0.371 e. The van der Waals surface area contributed by atoms with Crippen LogP contribution >= 0.6 is 12.2 Å². The van der Waals surface area contributed by atoms with Crippen molar-refractivity contribution in [3.8, 4) is 0 Å². The van der Waals surface area contributed by atoms with Gasteiger partial charge in [-0.2, -0.15) is 0 Å². The van der Waals surface area contributed by atoms with Gasteiger partial charge in [0.1, 0.15) is 0 Å². The van der Waals surface area contributed by atoms with Gasteiger partial charge in [-0.25, -0.2) is 0 Å². The second kappa shape index (κ2) is 11.4. The second-order valence-corrected chi connectivity index (χ2v) is 10.3. The molecule has 2 aliphatic rings. The molecule has 2 atom stereocenters. The summed E-state index contributed by atoms with van der Waals surface area (Å²) in [6.45, 7) is 10.1. The predicted octanol–water partition coefficient (Wildman–Crippen LogP) is 7.19. The molecule has 1 saturated carbocycles. The Bertz CT molecular complexity index is 940. The highest BCUT2D eigenvalue weighted by Gasteiger charge is 2.29. The van der Waals surface area contributed by atoms with Crippen LogP contribution in [0.15, 0.2) is 42.5 Å². The SMILES string of the molecule is CCCN1CCCc2cc(CN(C(=S)Nc3ccccc3CC)[C@@H]3CCCC[C@@H]3C)ccc21. The maximum atomic E-state index is 6.08. The number of nitrogens with zero attached hydrogens (tertiary/aromatic N) is 2. The molecule has 4 rings (SSSR count). The molecular formula is C29H41N3S. The molecule has 1 aliphatic heterocycles. The third-order valence-corrected chi connectivity index (χ3v) is 7.91. The van der Waals surface area contributed by atoms with Gasteiger partial charge in [0.15, 0.2) is 5.11 Å². The Morgan fingerprint density at radius 3 is 2.70 bits per heavy atom. The van der Waals surface area contributed by atoms with Gasteiger partial charge in [0, 0.05) is 37.1 Å². The van der Waals surface area contributed by atoms with Crippen LogP contribution in [0.3, 0.4) is 0 Å². The van der Waals surface area contributed by atoms with Crippen molar-refractivity contribution in [1.29, 1.82) is 0 Å². The van der Waals surface area contributed by atoms with E-state index in [0.717, 1.165) is 30.3 Å². The van der Waals surface area contributed by atoms with Crippen molar-refractivity contribution in [3.05, 3.63) is 59.2 Å². The Hall–Kier alpha value is -2.07. The van der Waals surface area contributed by atoms with E-state index in [9.17, 15) is 0 Å². The van der Waals surface area contributed by atoms with Crippen molar-refractivity contribution in [1.82, 2.24) is 4.90 Å². The smallest absolute Gasteiger partial charge is 0.173 e. The Labute approximate surface area is 206 Å². The fourth-order valence-electron chi connectivity index (χ4n) is 5.76. The molecule has 1 heterocycles. The van der Waals surface area contributed by atoms with Crippen molar-refractivity contribution >= 4 is 28.7 Å². The number of nitrogens with one attached hydrogen (secondary N) is 1. The first-order valence-electron chi connectivity index (χ1n) is 13.1. The Kier molecular flexibility index (Phi) is 8.29. The zero-order valence-electron chi connectivity index (χ0n) is 20.8. The lowest BCUT2D eigenvalue weighted by atomic mass is 9.84. The van der Waals surface area contributed by atoms with E-state index >= 15 is 0 Å². The molecule has 0 bridgehead atoms. The molecule has 1 aliphatic carbocycles. The zero-order valence-corrected chi connectivity index (χ0v) is 21.6. The molecule has 0 amide bonds. The van der Waals surface area contributed by atoms with Gasteiger partial charge < -0.3 is 15.1 Å². The number of hydrogen-bond donors (Lipinski definition) is 1. The minimum atomic E-state index is 0.500. The van der Waals surface area contributed by atoms with Crippen LogP contribution in [0.1, 0.15) is 76.0 Å². The predicted molar refractivity (Wildman–Crippen MR) is 146 cm³/mol. The fraction of sp³-hybridized carbons (Fsp3) is 0.552. The monoisotopic (exact) mass is 463 g/mol. The normalized spacial score (nSPS) is 20.3. The molecular weight excluding hydrogens is 422 g/mol. The highest BCUT2D eigenvalue weighted by Crippen LogP contribution is 2.32. The summed E-state index contributed by atoms with van der Waals surface area (Å²) in [7, 11) is 0. The lowest BCUT2D eigenvalue weighted by Gasteiger charge is -2.40. The maximum absolute atomic E-state index is 6.08. The van der Waals surface area contributed by atoms with E-state index in [1.165, 1.54) is 73.9 Å². The molecule has 1 fully saturated rings. The molecule has 0 saturated heterocycles. The number of fused-ring (bicyclic) bond motifs is 1. The molecule has 178 valence electrons. The lowest BCUT2D eigenvalue weighted by molar-refractivity contribution is 0.177. The molecule has 1 N–H and O–H groups in total. The average molecular weight is 464 g/mol. The van der Waals surface area contributed by atoms with E-state index in [1.54, 1.807) is 0 Å². The minimum Gasteiger partial charge on any atom is -0.371 e. The van der Waals surface area contributed by atoms with Gasteiger partial charge in [-0.05, 0) is 85.5 Å². The summed E-state index contributed by atoms with van der Waals surface area (Å²) in [5.74, 6) is 0.664. The molecule has 3 nitrogen and oxygen atoms in total.